The van der Waals surface area contributed by atoms with Gasteiger partial charge in [0.05, 0.1) is 0 Å². The first-order valence-electron chi connectivity index (χ1n) is 9.88. The molecule has 0 spiro atoms. The topological polar surface area (TPSA) is 47.6 Å². The van der Waals surface area contributed by atoms with Crippen molar-refractivity contribution in [3.63, 3.8) is 0 Å². The van der Waals surface area contributed by atoms with Gasteiger partial charge in [-0.2, -0.15) is 0 Å². The van der Waals surface area contributed by atoms with Crippen LogP contribution >= 0.6 is 0 Å². The van der Waals surface area contributed by atoms with Crippen LogP contribution in [-0.4, -0.2) is 56.2 Å². The molecule has 3 rings (SSSR count). The zero-order valence-electron chi connectivity index (χ0n) is 15.7. The minimum absolute atomic E-state index is 0.0742. The Morgan fingerprint density at radius 1 is 1.15 bits per heavy atom. The van der Waals surface area contributed by atoms with Gasteiger partial charge in [0.2, 0.25) is 0 Å². The van der Waals surface area contributed by atoms with E-state index in [4.69, 9.17) is 0 Å². The molecule has 2 aliphatic heterocycles. The molecule has 5 nitrogen and oxygen atoms in total. The summed E-state index contributed by atoms with van der Waals surface area (Å²) in [5.41, 5.74) is 1.05. The van der Waals surface area contributed by atoms with E-state index in [1.807, 2.05) is 12.1 Å². The zero-order chi connectivity index (χ0) is 18.4. The smallest absolute Gasteiger partial charge is 0.314 e. The molecule has 0 aromatic heterocycles. The maximum Gasteiger partial charge on any atom is 0.314 e. The normalized spacial score (nSPS) is 23.8. The summed E-state index contributed by atoms with van der Waals surface area (Å²) >= 11 is 0. The maximum atomic E-state index is 13.0. The van der Waals surface area contributed by atoms with Gasteiger partial charge in [0.1, 0.15) is 5.82 Å². The zero-order valence-corrected chi connectivity index (χ0v) is 15.7. The monoisotopic (exact) mass is 362 g/mol. The number of rotatable bonds is 6. The second-order valence-corrected chi connectivity index (χ2v) is 7.59. The third-order valence-corrected chi connectivity index (χ3v) is 5.65. The highest BCUT2D eigenvalue weighted by Gasteiger charge is 2.23. The Morgan fingerprint density at radius 2 is 1.96 bits per heavy atom. The van der Waals surface area contributed by atoms with Crippen molar-refractivity contribution >= 4 is 11.7 Å². The Balaban J connectivity index is 1.31. The largest absolute Gasteiger partial charge is 0.371 e. The number of urea groups is 1. The molecule has 144 valence electrons. The Morgan fingerprint density at radius 3 is 2.73 bits per heavy atom. The van der Waals surface area contributed by atoms with Crippen molar-refractivity contribution in [2.75, 3.05) is 44.2 Å². The van der Waals surface area contributed by atoms with E-state index in [9.17, 15) is 9.18 Å². The molecule has 0 radical (unpaired) electrons. The van der Waals surface area contributed by atoms with Gasteiger partial charge in [0, 0.05) is 44.5 Å². The van der Waals surface area contributed by atoms with E-state index in [1.54, 1.807) is 0 Å². The van der Waals surface area contributed by atoms with Crippen LogP contribution < -0.4 is 15.5 Å². The van der Waals surface area contributed by atoms with Crippen molar-refractivity contribution < 1.29 is 9.18 Å². The molecule has 0 bridgehead atoms. The van der Waals surface area contributed by atoms with E-state index in [0.29, 0.717) is 25.0 Å². The molecule has 2 atom stereocenters. The van der Waals surface area contributed by atoms with E-state index in [0.717, 1.165) is 38.3 Å². The summed E-state index contributed by atoms with van der Waals surface area (Å²) in [5.74, 6) is 0.231. The van der Waals surface area contributed by atoms with Crippen molar-refractivity contribution in [3.8, 4) is 0 Å². The number of nitrogens with zero attached hydrogens (tertiary/aromatic N) is 2. The van der Waals surface area contributed by atoms with Crippen LogP contribution in [0.25, 0.3) is 0 Å². The van der Waals surface area contributed by atoms with E-state index >= 15 is 0 Å². The highest BCUT2D eigenvalue weighted by molar-refractivity contribution is 5.73. The van der Waals surface area contributed by atoms with Crippen LogP contribution in [-0.2, 0) is 0 Å². The predicted molar refractivity (Wildman–Crippen MR) is 103 cm³/mol. The fraction of sp³-hybridized carbons (Fsp3) is 0.650. The van der Waals surface area contributed by atoms with Gasteiger partial charge in [0.15, 0.2) is 0 Å². The van der Waals surface area contributed by atoms with Crippen LogP contribution in [0.15, 0.2) is 24.3 Å². The molecule has 6 heteroatoms. The molecule has 0 saturated carbocycles. The standard InChI is InChI=1S/C20H31FN4O/c1-16-4-2-3-11-24(16)13-10-22-20(26)23-14-17-9-12-25(15-17)19-7-5-18(21)6-8-19/h5-8,16-17H,2-4,9-15H2,1H3,(H2,22,23,26)/t16-,17+/m1/s1. The number of carbonyl (C=O) groups excluding carboxylic acids is 1. The molecule has 26 heavy (non-hydrogen) atoms. The van der Waals surface area contributed by atoms with Crippen molar-refractivity contribution in [2.45, 2.75) is 38.6 Å². The van der Waals surface area contributed by atoms with Crippen LogP contribution in [0.5, 0.6) is 0 Å². The molecule has 1 aromatic carbocycles. The lowest BCUT2D eigenvalue weighted by atomic mass is 10.0. The number of anilines is 1. The van der Waals surface area contributed by atoms with Crippen LogP contribution in [0.4, 0.5) is 14.9 Å². The van der Waals surface area contributed by atoms with E-state index in [1.165, 1.54) is 31.4 Å². The van der Waals surface area contributed by atoms with Gasteiger partial charge >= 0.3 is 6.03 Å². The summed E-state index contributed by atoms with van der Waals surface area (Å²) < 4.78 is 13.0. The summed E-state index contributed by atoms with van der Waals surface area (Å²) in [5, 5.41) is 5.98. The molecule has 0 aliphatic carbocycles. The highest BCUT2D eigenvalue weighted by Crippen LogP contribution is 2.23. The molecule has 2 amide bonds. The average Bonchev–Trinajstić information content (AvgIpc) is 3.11. The van der Waals surface area contributed by atoms with Gasteiger partial charge in [-0.3, -0.25) is 4.90 Å². The first-order valence-corrected chi connectivity index (χ1v) is 9.88. The van der Waals surface area contributed by atoms with Gasteiger partial charge in [-0.1, -0.05) is 6.42 Å². The predicted octanol–water partition coefficient (Wildman–Crippen LogP) is 2.83. The van der Waals surface area contributed by atoms with E-state index in [2.05, 4.69) is 27.4 Å². The fourth-order valence-corrected chi connectivity index (χ4v) is 3.99. The van der Waals surface area contributed by atoms with E-state index < -0.39 is 0 Å². The van der Waals surface area contributed by atoms with Crippen LogP contribution in [0.1, 0.15) is 32.6 Å². The number of benzene rings is 1. The number of carbonyl (C=O) groups is 1. The third kappa shape index (κ3) is 5.34. The second-order valence-electron chi connectivity index (χ2n) is 7.59. The quantitative estimate of drug-likeness (QED) is 0.818. The number of piperidine rings is 1. The Hall–Kier alpha value is -1.82. The van der Waals surface area contributed by atoms with Crippen molar-refractivity contribution in [3.05, 3.63) is 30.1 Å². The van der Waals surface area contributed by atoms with Crippen molar-refractivity contribution in [1.29, 1.82) is 0 Å². The first-order chi connectivity index (χ1) is 12.6. The Kier molecular flexibility index (Phi) is 6.72. The summed E-state index contributed by atoms with van der Waals surface area (Å²) in [6.07, 6.45) is 4.89. The lowest BCUT2D eigenvalue weighted by molar-refractivity contribution is 0.161. The number of halogens is 1. The van der Waals surface area contributed by atoms with Crippen molar-refractivity contribution in [1.82, 2.24) is 15.5 Å². The number of amides is 2. The summed E-state index contributed by atoms with van der Waals surface area (Å²) in [6.45, 7) is 7.57. The molecule has 2 N–H and O–H groups in total. The van der Waals surface area contributed by atoms with Gasteiger partial charge in [-0.25, -0.2) is 9.18 Å². The summed E-state index contributed by atoms with van der Waals surface area (Å²) in [7, 11) is 0. The lowest BCUT2D eigenvalue weighted by Crippen LogP contribution is -2.45. The van der Waals surface area contributed by atoms with Gasteiger partial charge in [0.25, 0.3) is 0 Å². The number of likely N-dealkylation sites (tertiary alicyclic amines) is 1. The minimum atomic E-state index is -0.207. The SMILES string of the molecule is C[C@@H]1CCCCN1CCNC(=O)NC[C@@H]1CCN(c2ccc(F)cc2)C1. The second kappa shape index (κ2) is 9.21. The number of nitrogens with one attached hydrogen (secondary N) is 2. The Labute approximate surface area is 155 Å². The highest BCUT2D eigenvalue weighted by atomic mass is 19.1. The van der Waals surface area contributed by atoms with Crippen LogP contribution in [0.2, 0.25) is 0 Å². The average molecular weight is 362 g/mol. The molecule has 1 aromatic rings. The molecular weight excluding hydrogens is 331 g/mol. The molecule has 2 aliphatic rings. The number of hydrogen-bond donors (Lipinski definition) is 2. The first kappa shape index (κ1) is 19.0. The summed E-state index contributed by atoms with van der Waals surface area (Å²) in [6, 6.07) is 7.19. The Bertz CT molecular complexity index is 580. The minimum Gasteiger partial charge on any atom is -0.371 e. The molecular formula is C20H31FN4O. The third-order valence-electron chi connectivity index (χ3n) is 5.65. The molecule has 0 unspecified atom stereocenters. The molecule has 2 saturated heterocycles. The van der Waals surface area contributed by atoms with E-state index in [-0.39, 0.29) is 11.8 Å². The molecule has 2 heterocycles. The summed E-state index contributed by atoms with van der Waals surface area (Å²) in [4.78, 5) is 16.7. The fourth-order valence-electron chi connectivity index (χ4n) is 3.99. The van der Waals surface area contributed by atoms with Gasteiger partial charge < -0.3 is 15.5 Å². The number of hydrogen-bond acceptors (Lipinski definition) is 3. The van der Waals surface area contributed by atoms with Crippen LogP contribution in [0, 0.1) is 11.7 Å². The van der Waals surface area contributed by atoms with Gasteiger partial charge in [-0.05, 0) is 62.9 Å². The van der Waals surface area contributed by atoms with Crippen LogP contribution in [0.3, 0.4) is 0 Å². The van der Waals surface area contributed by atoms with Crippen molar-refractivity contribution in [2.24, 2.45) is 5.92 Å². The lowest BCUT2D eigenvalue weighted by Gasteiger charge is -2.33. The van der Waals surface area contributed by atoms with Gasteiger partial charge in [-0.15, -0.1) is 0 Å². The molecule has 2 fully saturated rings. The maximum absolute atomic E-state index is 13.0.